The monoisotopic (exact) mass is 645 g/mol. The number of halogens is 1. The summed E-state index contributed by atoms with van der Waals surface area (Å²) in [6, 6.07) is 4.90. The van der Waals surface area contributed by atoms with Gasteiger partial charge in [-0.1, -0.05) is 37.1 Å². The molecule has 0 bridgehead atoms. The van der Waals surface area contributed by atoms with Gasteiger partial charge in [0.15, 0.2) is 17.3 Å². The van der Waals surface area contributed by atoms with Crippen LogP contribution in [0.2, 0.25) is 0 Å². The molecule has 45 heavy (non-hydrogen) atoms. The highest BCUT2D eigenvalue weighted by Crippen LogP contribution is 2.47. The van der Waals surface area contributed by atoms with Crippen LogP contribution in [0.3, 0.4) is 0 Å². The molecular weight excluding hydrogens is 605 g/mol. The molecule has 12 nitrogen and oxygen atoms in total. The van der Waals surface area contributed by atoms with E-state index in [0.29, 0.717) is 31.4 Å². The predicted molar refractivity (Wildman–Crippen MR) is 160 cm³/mol. The Hall–Kier alpha value is -3.65. The van der Waals surface area contributed by atoms with Crippen molar-refractivity contribution in [1.82, 2.24) is 19.8 Å². The van der Waals surface area contributed by atoms with Crippen LogP contribution in [0.25, 0.3) is 0 Å². The fraction of sp³-hybridized carbons (Fsp3) is 0.581. The summed E-state index contributed by atoms with van der Waals surface area (Å²) < 4.78 is 52.8. The van der Waals surface area contributed by atoms with E-state index < -0.39 is 50.7 Å². The average molecular weight is 646 g/mol. The topological polar surface area (TPSA) is 160 Å². The maximum atomic E-state index is 14.3. The van der Waals surface area contributed by atoms with Gasteiger partial charge in [0.05, 0.1) is 11.8 Å². The lowest BCUT2D eigenvalue weighted by atomic mass is 10.0. The van der Waals surface area contributed by atoms with Crippen molar-refractivity contribution >= 4 is 27.9 Å². The Morgan fingerprint density at radius 3 is 2.67 bits per heavy atom. The van der Waals surface area contributed by atoms with Gasteiger partial charge in [-0.05, 0) is 50.3 Å². The molecule has 3 amide bonds. The summed E-state index contributed by atoms with van der Waals surface area (Å²) in [6.07, 6.45) is 7.31. The number of carbonyl (C=O) groups excluding carboxylic acids is 3. The third kappa shape index (κ3) is 6.53. The number of fused-ring (bicyclic) bond motifs is 3. The fourth-order valence-electron chi connectivity index (χ4n) is 6.46. The van der Waals surface area contributed by atoms with Crippen LogP contribution in [-0.4, -0.2) is 65.4 Å². The minimum absolute atomic E-state index is 0.0221. The van der Waals surface area contributed by atoms with Crippen LogP contribution in [0.5, 0.6) is 0 Å². The van der Waals surface area contributed by atoms with Gasteiger partial charge in [-0.2, -0.15) is 0 Å². The zero-order valence-corrected chi connectivity index (χ0v) is 26.0. The third-order valence-corrected chi connectivity index (χ3v) is 11.1. The number of amides is 3. The molecule has 1 aromatic rings. The second-order valence-electron chi connectivity index (χ2n) is 12.8. The maximum Gasteiger partial charge on any atom is 0.423 e. The molecule has 2 saturated carbocycles. The SMILES string of the molecule is C=C(O[C@H]1CN2C(=O)CCCCCC/C=C\[C@@H]3CC3(OC(=O)NS(=O)(=O)C3CC3)NC(=O)[C@]2(N)C1)N1Cc2cccc(F)c2C1. The standard InChI is InChI=1S/C31H40FN5O7S/c1-20(36-17-21-9-8-11-26(32)25(21)19-36)43-23-16-30(33)28(39)34-31(44-29(40)35-45(41,42)24-13-14-24)15-22(31)10-6-4-2-3-5-7-12-27(38)37(30)18-23/h6,8-11,22-24H,1-5,7,12-19,33H2,(H,34,39)(H,35,40)/b10-6-/t22-,23-,30+,31?/m1/s1. The first-order chi connectivity index (χ1) is 21.4. The second-order valence-corrected chi connectivity index (χ2v) is 14.7. The minimum atomic E-state index is -3.87. The number of carbonyl (C=O) groups is 3. The maximum absolute atomic E-state index is 14.3. The number of nitrogens with one attached hydrogen (secondary N) is 2. The quantitative estimate of drug-likeness (QED) is 0.312. The van der Waals surface area contributed by atoms with Crippen LogP contribution in [0.15, 0.2) is 42.8 Å². The summed E-state index contributed by atoms with van der Waals surface area (Å²) in [5, 5.41) is 2.13. The Morgan fingerprint density at radius 1 is 1.13 bits per heavy atom. The molecule has 3 aliphatic heterocycles. The molecule has 0 radical (unpaired) electrons. The van der Waals surface area contributed by atoms with Crippen molar-refractivity contribution < 1.29 is 36.7 Å². The van der Waals surface area contributed by atoms with Gasteiger partial charge in [-0.25, -0.2) is 22.3 Å². The molecule has 1 aromatic carbocycles. The number of benzene rings is 1. The molecule has 4 atom stereocenters. The summed E-state index contributed by atoms with van der Waals surface area (Å²) in [5.41, 5.74) is 4.79. The number of hydrogen-bond acceptors (Lipinski definition) is 9. The van der Waals surface area contributed by atoms with Crippen molar-refractivity contribution in [2.45, 2.75) is 100 Å². The third-order valence-electron chi connectivity index (χ3n) is 9.31. The fourth-order valence-corrected chi connectivity index (χ4v) is 7.66. The Bertz CT molecular complexity index is 1530. The van der Waals surface area contributed by atoms with Gasteiger partial charge in [0, 0.05) is 43.8 Å². The largest absolute Gasteiger partial charge is 0.474 e. The average Bonchev–Trinajstić information content (AvgIpc) is 3.86. The Morgan fingerprint density at radius 2 is 1.91 bits per heavy atom. The highest BCUT2D eigenvalue weighted by atomic mass is 32.2. The van der Waals surface area contributed by atoms with Gasteiger partial charge >= 0.3 is 6.09 Å². The van der Waals surface area contributed by atoms with E-state index in [4.69, 9.17) is 15.2 Å². The molecule has 1 unspecified atom stereocenters. The molecule has 14 heteroatoms. The summed E-state index contributed by atoms with van der Waals surface area (Å²) in [6.45, 7) is 4.74. The molecule has 4 N–H and O–H groups in total. The molecule has 3 heterocycles. The molecule has 244 valence electrons. The molecule has 5 aliphatic rings. The van der Waals surface area contributed by atoms with Crippen LogP contribution in [0.4, 0.5) is 9.18 Å². The number of nitrogens with two attached hydrogens (primary N) is 1. The first kappa shape index (κ1) is 31.3. The van der Waals surface area contributed by atoms with Gasteiger partial charge in [-0.3, -0.25) is 9.59 Å². The highest BCUT2D eigenvalue weighted by Gasteiger charge is 2.62. The number of ether oxygens (including phenoxy) is 2. The van der Waals surface area contributed by atoms with Crippen molar-refractivity contribution in [2.24, 2.45) is 11.7 Å². The zero-order chi connectivity index (χ0) is 32.0. The molecule has 0 aromatic heterocycles. The Kier molecular flexibility index (Phi) is 8.31. The van der Waals surface area contributed by atoms with Crippen LogP contribution in [0.1, 0.15) is 75.3 Å². The van der Waals surface area contributed by atoms with E-state index in [2.05, 4.69) is 11.9 Å². The van der Waals surface area contributed by atoms with Gasteiger partial charge in [0.25, 0.3) is 5.91 Å². The normalized spacial score (nSPS) is 31.0. The molecule has 2 aliphatic carbocycles. The van der Waals surface area contributed by atoms with Crippen LogP contribution >= 0.6 is 0 Å². The van der Waals surface area contributed by atoms with E-state index in [1.54, 1.807) is 11.0 Å². The summed E-state index contributed by atoms with van der Waals surface area (Å²) in [4.78, 5) is 43.3. The smallest absolute Gasteiger partial charge is 0.423 e. The lowest BCUT2D eigenvalue weighted by molar-refractivity contribution is -0.147. The van der Waals surface area contributed by atoms with Gasteiger partial charge in [0.1, 0.15) is 11.9 Å². The number of allylic oxidation sites excluding steroid dienone is 1. The van der Waals surface area contributed by atoms with Crippen LogP contribution in [0, 0.1) is 11.7 Å². The van der Waals surface area contributed by atoms with E-state index in [1.165, 1.54) is 11.0 Å². The molecule has 6 rings (SSSR count). The van der Waals surface area contributed by atoms with E-state index in [-0.39, 0.29) is 50.0 Å². The second kappa shape index (κ2) is 11.9. The molecular formula is C31H40FN5O7S. The van der Waals surface area contributed by atoms with Crippen LogP contribution in [-0.2, 0) is 42.2 Å². The van der Waals surface area contributed by atoms with Gasteiger partial charge < -0.3 is 30.3 Å². The summed E-state index contributed by atoms with van der Waals surface area (Å²) >= 11 is 0. The van der Waals surface area contributed by atoms with Crippen molar-refractivity contribution in [3.05, 3.63) is 59.8 Å². The number of rotatable bonds is 6. The molecule has 3 fully saturated rings. The predicted octanol–water partition coefficient (Wildman–Crippen LogP) is 2.85. The zero-order valence-electron chi connectivity index (χ0n) is 25.1. The van der Waals surface area contributed by atoms with Gasteiger partial charge in [0.2, 0.25) is 15.9 Å². The summed E-state index contributed by atoms with van der Waals surface area (Å²) in [5.74, 6) is -1.48. The number of hydrogen-bond donors (Lipinski definition) is 3. The van der Waals surface area contributed by atoms with E-state index >= 15 is 0 Å². The van der Waals surface area contributed by atoms with Crippen molar-refractivity contribution in [1.29, 1.82) is 0 Å². The van der Waals surface area contributed by atoms with Crippen molar-refractivity contribution in [2.75, 3.05) is 6.54 Å². The number of sulfonamides is 1. The minimum Gasteiger partial charge on any atom is -0.474 e. The first-order valence-corrected chi connectivity index (χ1v) is 17.1. The summed E-state index contributed by atoms with van der Waals surface area (Å²) in [7, 11) is -3.87. The molecule has 1 saturated heterocycles. The highest BCUT2D eigenvalue weighted by molar-refractivity contribution is 7.90. The lowest BCUT2D eigenvalue weighted by Crippen LogP contribution is -2.65. The van der Waals surface area contributed by atoms with E-state index in [9.17, 15) is 27.2 Å². The first-order valence-electron chi connectivity index (χ1n) is 15.6. The van der Waals surface area contributed by atoms with Crippen molar-refractivity contribution in [3.63, 3.8) is 0 Å². The van der Waals surface area contributed by atoms with E-state index in [0.717, 1.165) is 31.2 Å². The Balaban J connectivity index is 1.19. The van der Waals surface area contributed by atoms with Gasteiger partial charge in [-0.15, -0.1) is 0 Å². The van der Waals surface area contributed by atoms with E-state index in [1.807, 2.05) is 22.9 Å². The van der Waals surface area contributed by atoms with Crippen molar-refractivity contribution in [3.8, 4) is 0 Å². The Labute approximate surface area is 262 Å². The molecule has 0 spiro atoms. The lowest BCUT2D eigenvalue weighted by Gasteiger charge is -2.34. The van der Waals surface area contributed by atoms with Crippen LogP contribution < -0.4 is 15.8 Å². The number of nitrogens with zero attached hydrogens (tertiary/aromatic N) is 2.